The highest BCUT2D eigenvalue weighted by atomic mass is 16.5. The van der Waals surface area contributed by atoms with E-state index in [2.05, 4.69) is 47.5 Å². The number of carbonyl (C=O) groups excluding carboxylic acids is 2. The summed E-state index contributed by atoms with van der Waals surface area (Å²) in [6.07, 6.45) is 3.59. The topological polar surface area (TPSA) is 92.5 Å². The smallest absolute Gasteiger partial charge is 0.203 e. The van der Waals surface area contributed by atoms with Gasteiger partial charge in [0.2, 0.25) is 5.75 Å². The van der Waals surface area contributed by atoms with Gasteiger partial charge >= 0.3 is 0 Å². The van der Waals surface area contributed by atoms with Crippen LogP contribution in [-0.4, -0.2) is 47.7 Å². The Labute approximate surface area is 234 Å². The van der Waals surface area contributed by atoms with Crippen LogP contribution in [0, 0.1) is 17.8 Å². The summed E-state index contributed by atoms with van der Waals surface area (Å²) in [5.74, 6) is 2.74. The van der Waals surface area contributed by atoms with Crippen LogP contribution in [-0.2, 0) is 29.5 Å². The molecule has 1 fully saturated rings. The Morgan fingerprint density at radius 2 is 1.55 bits per heavy atom. The first-order chi connectivity index (χ1) is 19.3. The first-order valence-electron chi connectivity index (χ1n) is 13.5. The molecule has 1 aliphatic carbocycles. The summed E-state index contributed by atoms with van der Waals surface area (Å²) < 4.78 is 18.3. The van der Waals surface area contributed by atoms with E-state index in [1.54, 1.807) is 32.2 Å². The van der Waals surface area contributed by atoms with Crippen molar-refractivity contribution in [2.75, 3.05) is 21.3 Å². The van der Waals surface area contributed by atoms with Crippen molar-refractivity contribution < 1.29 is 23.8 Å². The number of hydrogen-bond acceptors (Lipinski definition) is 7. The first-order valence-corrected chi connectivity index (χ1v) is 13.5. The van der Waals surface area contributed by atoms with Crippen LogP contribution < -0.4 is 14.2 Å². The van der Waals surface area contributed by atoms with Gasteiger partial charge in [0.1, 0.15) is 23.7 Å². The number of nitrogens with zero attached hydrogens (tertiary/aromatic N) is 3. The highest BCUT2D eigenvalue weighted by Crippen LogP contribution is 2.42. The number of hydrogen-bond donors (Lipinski definition) is 0. The quantitative estimate of drug-likeness (QED) is 0.271. The van der Waals surface area contributed by atoms with Gasteiger partial charge in [-0.25, -0.2) is 0 Å². The highest BCUT2D eigenvalue weighted by molar-refractivity contribution is 5.91. The van der Waals surface area contributed by atoms with Crippen molar-refractivity contribution in [2.45, 2.75) is 32.6 Å². The van der Waals surface area contributed by atoms with Crippen LogP contribution in [0.4, 0.5) is 0 Å². The Morgan fingerprint density at radius 1 is 0.850 bits per heavy atom. The summed E-state index contributed by atoms with van der Waals surface area (Å²) in [5, 5.41) is 10.0. The standard InChI is InChI=1S/C32H35N3O5/c1-19-10-25(14-26(19)28(37)17-31-34-33-18-35(31)2)27(36)12-20-6-7-22-13-23(9-8-21(22)11-20)24-15-29(38-3)32(40-5)30(16-24)39-4/h6-9,11,13,15-16,18-19,25-26H,10,12,14,17H2,1-5H3. The minimum Gasteiger partial charge on any atom is -0.493 e. The minimum atomic E-state index is -0.115. The molecule has 40 heavy (non-hydrogen) atoms. The third kappa shape index (κ3) is 5.43. The Morgan fingerprint density at radius 3 is 2.20 bits per heavy atom. The van der Waals surface area contributed by atoms with Crippen molar-refractivity contribution in [3.05, 3.63) is 66.2 Å². The first kappa shape index (κ1) is 27.4. The summed E-state index contributed by atoms with van der Waals surface area (Å²) in [5.41, 5.74) is 2.96. The third-order valence-electron chi connectivity index (χ3n) is 8.17. The van der Waals surface area contributed by atoms with Crippen LogP contribution in [0.3, 0.4) is 0 Å². The summed E-state index contributed by atoms with van der Waals surface area (Å²) in [4.78, 5) is 26.2. The van der Waals surface area contributed by atoms with Crippen LogP contribution in [0.1, 0.15) is 31.2 Å². The number of benzene rings is 3. The number of ether oxygens (including phenoxy) is 3. The fraction of sp³-hybridized carbons (Fsp3) is 0.375. The van der Waals surface area contributed by atoms with E-state index in [1.165, 1.54) is 0 Å². The number of ketones is 2. The Kier molecular flexibility index (Phi) is 7.87. The predicted molar refractivity (Wildman–Crippen MR) is 153 cm³/mol. The number of rotatable bonds is 10. The molecule has 0 saturated heterocycles. The zero-order valence-electron chi connectivity index (χ0n) is 23.6. The van der Waals surface area contributed by atoms with Crippen LogP contribution in [0.15, 0.2) is 54.9 Å². The van der Waals surface area contributed by atoms with Crippen molar-refractivity contribution in [3.63, 3.8) is 0 Å². The van der Waals surface area contributed by atoms with Crippen molar-refractivity contribution in [1.82, 2.24) is 14.8 Å². The second kappa shape index (κ2) is 11.5. The van der Waals surface area contributed by atoms with Crippen molar-refractivity contribution in [3.8, 4) is 28.4 Å². The minimum absolute atomic E-state index is 0.0958. The molecule has 8 heteroatoms. The van der Waals surface area contributed by atoms with E-state index in [4.69, 9.17) is 14.2 Å². The predicted octanol–water partition coefficient (Wildman–Crippen LogP) is 5.25. The normalized spacial score (nSPS) is 18.6. The van der Waals surface area contributed by atoms with E-state index in [0.717, 1.165) is 33.9 Å². The molecule has 3 atom stereocenters. The van der Waals surface area contributed by atoms with Crippen LogP contribution in [0.25, 0.3) is 21.9 Å². The molecule has 1 aliphatic rings. The van der Waals surface area contributed by atoms with Gasteiger partial charge in [-0.15, -0.1) is 10.2 Å². The molecule has 0 radical (unpaired) electrons. The SMILES string of the molecule is COc1cc(-c2ccc3cc(CC(=O)C4CC(C)C(C(=O)Cc5nncn5C)C4)ccc3c2)cc(OC)c1OC. The largest absolute Gasteiger partial charge is 0.493 e. The van der Waals surface area contributed by atoms with E-state index >= 15 is 0 Å². The molecule has 1 heterocycles. The molecule has 0 aliphatic heterocycles. The zero-order chi connectivity index (χ0) is 28.4. The third-order valence-corrected chi connectivity index (χ3v) is 8.17. The lowest BCUT2D eigenvalue weighted by molar-refractivity contribution is -0.123. The van der Waals surface area contributed by atoms with Crippen LogP contribution in [0.2, 0.25) is 0 Å². The van der Waals surface area contributed by atoms with Gasteiger partial charge in [-0.3, -0.25) is 9.59 Å². The number of fused-ring (bicyclic) bond motifs is 1. The molecule has 208 valence electrons. The monoisotopic (exact) mass is 541 g/mol. The lowest BCUT2D eigenvalue weighted by Crippen LogP contribution is -2.21. The second-order valence-corrected chi connectivity index (χ2v) is 10.7. The number of methoxy groups -OCH3 is 3. The van der Waals surface area contributed by atoms with Crippen molar-refractivity contribution >= 4 is 22.3 Å². The molecule has 0 bridgehead atoms. The van der Waals surface area contributed by atoms with Gasteiger partial charge in [-0.1, -0.05) is 37.3 Å². The van der Waals surface area contributed by atoms with Gasteiger partial charge in [0.25, 0.3) is 0 Å². The average molecular weight is 542 g/mol. The molecule has 5 rings (SSSR count). The van der Waals surface area contributed by atoms with E-state index < -0.39 is 0 Å². The Bertz CT molecular complexity index is 1530. The maximum absolute atomic E-state index is 13.3. The summed E-state index contributed by atoms with van der Waals surface area (Å²) >= 11 is 0. The maximum atomic E-state index is 13.3. The molecule has 4 aromatic rings. The number of aromatic nitrogens is 3. The Balaban J connectivity index is 1.28. The maximum Gasteiger partial charge on any atom is 0.203 e. The van der Waals surface area contributed by atoms with E-state index in [9.17, 15) is 9.59 Å². The molecule has 0 N–H and O–H groups in total. The molecular formula is C32H35N3O5. The molecule has 3 unspecified atom stereocenters. The Hall–Kier alpha value is -4.20. The number of aryl methyl sites for hydroxylation is 1. The van der Waals surface area contributed by atoms with Crippen LogP contribution >= 0.6 is 0 Å². The lowest BCUT2D eigenvalue weighted by Gasteiger charge is -2.15. The fourth-order valence-electron chi connectivity index (χ4n) is 5.89. The average Bonchev–Trinajstić information content (AvgIpc) is 3.56. The number of Topliss-reactive ketones (excluding diaryl/α,β-unsaturated/α-hetero) is 2. The van der Waals surface area contributed by atoms with Gasteiger partial charge < -0.3 is 18.8 Å². The van der Waals surface area contributed by atoms with Crippen molar-refractivity contribution in [1.29, 1.82) is 0 Å². The van der Waals surface area contributed by atoms with Gasteiger partial charge in [0.05, 0.1) is 27.8 Å². The molecule has 8 nitrogen and oxygen atoms in total. The van der Waals surface area contributed by atoms with E-state index in [1.807, 2.05) is 25.2 Å². The van der Waals surface area contributed by atoms with Crippen LogP contribution in [0.5, 0.6) is 17.2 Å². The van der Waals surface area contributed by atoms with Gasteiger partial charge in [-0.05, 0) is 64.4 Å². The number of carbonyl (C=O) groups is 2. The van der Waals surface area contributed by atoms with E-state index in [-0.39, 0.29) is 35.7 Å². The lowest BCUT2D eigenvalue weighted by atomic mass is 9.91. The van der Waals surface area contributed by atoms with Gasteiger partial charge in [-0.2, -0.15) is 0 Å². The molecule has 1 aromatic heterocycles. The van der Waals surface area contributed by atoms with E-state index in [0.29, 0.717) is 35.9 Å². The molecule has 1 saturated carbocycles. The molecule has 0 amide bonds. The highest BCUT2D eigenvalue weighted by Gasteiger charge is 2.39. The molecule has 3 aromatic carbocycles. The summed E-state index contributed by atoms with van der Waals surface area (Å²) in [7, 11) is 6.64. The van der Waals surface area contributed by atoms with Gasteiger partial charge in [0.15, 0.2) is 11.5 Å². The summed E-state index contributed by atoms with van der Waals surface area (Å²) in [6.45, 7) is 2.08. The fourth-order valence-corrected chi connectivity index (χ4v) is 5.89. The zero-order valence-corrected chi connectivity index (χ0v) is 23.6. The molecular weight excluding hydrogens is 506 g/mol. The van der Waals surface area contributed by atoms with Crippen molar-refractivity contribution in [2.24, 2.45) is 24.8 Å². The summed E-state index contributed by atoms with van der Waals surface area (Å²) in [6, 6.07) is 16.3. The molecule has 0 spiro atoms. The van der Waals surface area contributed by atoms with Gasteiger partial charge in [0, 0.05) is 25.3 Å². The second-order valence-electron chi connectivity index (χ2n) is 10.7.